The van der Waals surface area contributed by atoms with Crippen LogP contribution in [-0.4, -0.2) is 43.8 Å². The van der Waals surface area contributed by atoms with Gasteiger partial charge in [0.1, 0.15) is 6.04 Å². The maximum absolute atomic E-state index is 12.8. The summed E-state index contributed by atoms with van der Waals surface area (Å²) in [7, 11) is 0. The minimum absolute atomic E-state index is 0.0724. The van der Waals surface area contributed by atoms with Gasteiger partial charge in [-0.25, -0.2) is 9.48 Å². The first kappa shape index (κ1) is 24.4. The van der Waals surface area contributed by atoms with Gasteiger partial charge in [-0.05, 0) is 55.8 Å². The number of Topliss-reactive ketones (excluding diaryl/α,β-unsaturated/α-hetero) is 1. The Morgan fingerprint density at radius 1 is 1.20 bits per heavy atom. The summed E-state index contributed by atoms with van der Waals surface area (Å²) in [6, 6.07) is 11.8. The minimum Gasteiger partial charge on any atom is -0.463 e. The smallest absolute Gasteiger partial charge is 0.338 e. The number of nitro groups is 1. The van der Waals surface area contributed by atoms with Crippen molar-refractivity contribution >= 4 is 46.8 Å². The Bertz CT molecular complexity index is 1320. The monoisotopic (exact) mass is 513 g/mol. The second kappa shape index (κ2) is 10.3. The van der Waals surface area contributed by atoms with Crippen molar-refractivity contribution in [3.63, 3.8) is 0 Å². The van der Waals surface area contributed by atoms with Crippen LogP contribution in [0.1, 0.15) is 35.8 Å². The molecule has 1 N–H and O–H groups in total. The van der Waals surface area contributed by atoms with Gasteiger partial charge in [0.25, 0.3) is 5.69 Å². The van der Waals surface area contributed by atoms with Crippen molar-refractivity contribution in [3.8, 4) is 0 Å². The molecule has 2 aromatic carbocycles. The number of aromatic nitrogens is 3. The van der Waals surface area contributed by atoms with Gasteiger partial charge < -0.3 is 10.1 Å². The number of non-ortho nitro benzene ring substituents is 1. The zero-order chi connectivity index (χ0) is 25.1. The Morgan fingerprint density at radius 3 is 2.51 bits per heavy atom. The molecule has 3 aromatic rings. The zero-order valence-electron chi connectivity index (χ0n) is 18.7. The van der Waals surface area contributed by atoms with Crippen LogP contribution in [0.15, 0.2) is 65.0 Å². The fourth-order valence-electron chi connectivity index (χ4n) is 3.60. The zero-order valence-corrected chi connectivity index (χ0v) is 20.3. The summed E-state index contributed by atoms with van der Waals surface area (Å²) in [6.45, 7) is 3.61. The van der Waals surface area contributed by atoms with Crippen LogP contribution in [0.3, 0.4) is 0 Å². The Balaban J connectivity index is 1.65. The van der Waals surface area contributed by atoms with Gasteiger partial charge in [0, 0.05) is 28.4 Å². The average Bonchev–Trinajstić information content (AvgIpc) is 3.24. The molecule has 1 aliphatic rings. The van der Waals surface area contributed by atoms with Crippen LogP contribution in [0.25, 0.3) is 0 Å². The number of hydrogen-bond donors (Lipinski definition) is 1. The highest BCUT2D eigenvalue weighted by Gasteiger charge is 2.35. The van der Waals surface area contributed by atoms with Gasteiger partial charge in [-0.2, -0.15) is 4.98 Å². The number of carbonyl (C=O) groups excluding carboxylic acids is 2. The molecule has 1 aromatic heterocycles. The molecular formula is C23H20ClN5O5S. The number of nitrogens with zero attached hydrogens (tertiary/aromatic N) is 4. The highest BCUT2D eigenvalue weighted by molar-refractivity contribution is 7.99. The van der Waals surface area contributed by atoms with E-state index in [4.69, 9.17) is 16.3 Å². The van der Waals surface area contributed by atoms with Crippen LogP contribution in [0.2, 0.25) is 5.02 Å². The normalized spacial score (nSPS) is 14.8. The van der Waals surface area contributed by atoms with Crippen molar-refractivity contribution in [2.24, 2.45) is 0 Å². The molecule has 4 rings (SSSR count). The molecule has 1 aliphatic heterocycles. The summed E-state index contributed by atoms with van der Waals surface area (Å²) in [5.74, 6) is -0.167. The third-order valence-corrected chi connectivity index (χ3v) is 6.34. The van der Waals surface area contributed by atoms with E-state index in [1.165, 1.54) is 16.8 Å². The highest BCUT2D eigenvalue weighted by Crippen LogP contribution is 2.37. The lowest BCUT2D eigenvalue weighted by atomic mass is 9.95. The first-order chi connectivity index (χ1) is 16.8. The van der Waals surface area contributed by atoms with Gasteiger partial charge in [-0.3, -0.25) is 14.9 Å². The number of thioether (sulfide) groups is 1. The number of allylic oxidation sites excluding steroid dienone is 1. The third kappa shape index (κ3) is 5.20. The number of ether oxygens (including phenoxy) is 1. The molecule has 1 atom stereocenters. The van der Waals surface area contributed by atoms with Crippen molar-refractivity contribution in [3.05, 3.63) is 86.1 Å². The van der Waals surface area contributed by atoms with Gasteiger partial charge >= 0.3 is 5.97 Å². The molecular weight excluding hydrogens is 494 g/mol. The third-order valence-electron chi connectivity index (χ3n) is 5.25. The van der Waals surface area contributed by atoms with E-state index < -0.39 is 16.9 Å². The van der Waals surface area contributed by atoms with E-state index in [9.17, 15) is 19.7 Å². The molecule has 10 nitrogen and oxygen atoms in total. The summed E-state index contributed by atoms with van der Waals surface area (Å²) in [4.78, 5) is 40.5. The van der Waals surface area contributed by atoms with Crippen molar-refractivity contribution in [2.45, 2.75) is 25.0 Å². The number of anilines is 1. The SMILES string of the molecule is CCOC(=O)C1=C(C)Nc2nc(SCC(=O)c3ccc(Cl)cc3)nn2C1c1ccc([N+](=O)[O-])cc1. The molecule has 2 heterocycles. The van der Waals surface area contributed by atoms with Gasteiger partial charge in [-0.1, -0.05) is 23.4 Å². The number of ketones is 1. The van der Waals surface area contributed by atoms with E-state index >= 15 is 0 Å². The first-order valence-electron chi connectivity index (χ1n) is 10.6. The topological polar surface area (TPSA) is 129 Å². The van der Waals surface area contributed by atoms with Crippen molar-refractivity contribution in [1.29, 1.82) is 0 Å². The van der Waals surface area contributed by atoms with Gasteiger partial charge in [0.15, 0.2) is 5.78 Å². The molecule has 35 heavy (non-hydrogen) atoms. The number of hydrogen-bond acceptors (Lipinski definition) is 9. The summed E-state index contributed by atoms with van der Waals surface area (Å²) >= 11 is 7.04. The Kier molecular flexibility index (Phi) is 7.17. The second-order valence-electron chi connectivity index (χ2n) is 7.52. The van der Waals surface area contributed by atoms with Crippen LogP contribution in [0, 0.1) is 10.1 Å². The van der Waals surface area contributed by atoms with Crippen molar-refractivity contribution < 1.29 is 19.2 Å². The predicted octanol–water partition coefficient (Wildman–Crippen LogP) is 4.67. The van der Waals surface area contributed by atoms with E-state index in [0.717, 1.165) is 11.8 Å². The Morgan fingerprint density at radius 2 is 1.89 bits per heavy atom. The fraction of sp³-hybridized carbons (Fsp3) is 0.217. The quantitative estimate of drug-likeness (QED) is 0.150. The summed E-state index contributed by atoms with van der Waals surface area (Å²) in [5, 5.41) is 19.6. The summed E-state index contributed by atoms with van der Waals surface area (Å²) < 4.78 is 6.78. The van der Waals surface area contributed by atoms with E-state index in [0.29, 0.717) is 38.5 Å². The Labute approximate surface area is 209 Å². The van der Waals surface area contributed by atoms with Gasteiger partial charge in [-0.15, -0.1) is 5.10 Å². The molecule has 0 fully saturated rings. The van der Waals surface area contributed by atoms with Crippen LogP contribution in [0.5, 0.6) is 0 Å². The van der Waals surface area contributed by atoms with E-state index in [1.807, 2.05) is 0 Å². The molecule has 0 spiro atoms. The van der Waals surface area contributed by atoms with Crippen molar-refractivity contribution in [1.82, 2.24) is 14.8 Å². The molecule has 0 amide bonds. The van der Waals surface area contributed by atoms with Crippen LogP contribution in [0.4, 0.5) is 11.6 Å². The lowest BCUT2D eigenvalue weighted by Crippen LogP contribution is -2.29. The average molecular weight is 514 g/mol. The summed E-state index contributed by atoms with van der Waals surface area (Å²) in [5.41, 5.74) is 1.89. The molecule has 0 saturated carbocycles. The molecule has 0 saturated heterocycles. The van der Waals surface area contributed by atoms with Crippen LogP contribution in [-0.2, 0) is 9.53 Å². The molecule has 0 radical (unpaired) electrons. The number of nitro benzene ring substituents is 1. The van der Waals surface area contributed by atoms with E-state index in [1.54, 1.807) is 50.2 Å². The highest BCUT2D eigenvalue weighted by atomic mass is 35.5. The maximum Gasteiger partial charge on any atom is 0.338 e. The van der Waals surface area contributed by atoms with Crippen LogP contribution < -0.4 is 5.32 Å². The number of rotatable bonds is 8. The first-order valence-corrected chi connectivity index (χ1v) is 11.9. The summed E-state index contributed by atoms with van der Waals surface area (Å²) in [6.07, 6.45) is 0. The maximum atomic E-state index is 12.8. The van der Waals surface area contributed by atoms with E-state index in [2.05, 4.69) is 15.4 Å². The number of esters is 1. The molecule has 1 unspecified atom stereocenters. The van der Waals surface area contributed by atoms with Crippen LogP contribution >= 0.6 is 23.4 Å². The molecule has 180 valence electrons. The fourth-order valence-corrected chi connectivity index (χ4v) is 4.45. The standard InChI is InChI=1S/C23H20ClN5O5S/c1-3-34-21(31)19-13(2)25-22-26-23(35-12-18(30)14-4-8-16(24)9-5-14)27-28(22)20(19)15-6-10-17(11-7-15)29(32)33/h4-11,20H,3,12H2,1-2H3,(H,25,26,27). The van der Waals surface area contributed by atoms with E-state index in [-0.39, 0.29) is 23.8 Å². The molecule has 12 heteroatoms. The van der Waals surface area contributed by atoms with Gasteiger partial charge in [0.2, 0.25) is 11.1 Å². The van der Waals surface area contributed by atoms with Gasteiger partial charge in [0.05, 0.1) is 22.9 Å². The number of nitrogens with one attached hydrogen (secondary N) is 1. The Hall–Kier alpha value is -3.70. The lowest BCUT2D eigenvalue weighted by molar-refractivity contribution is -0.384. The number of halogens is 1. The number of fused-ring (bicyclic) bond motifs is 1. The molecule has 0 bridgehead atoms. The van der Waals surface area contributed by atoms with Crippen molar-refractivity contribution in [2.75, 3.05) is 17.7 Å². The largest absolute Gasteiger partial charge is 0.463 e. The molecule has 0 aliphatic carbocycles. The number of carbonyl (C=O) groups is 2. The number of benzene rings is 2. The lowest BCUT2D eigenvalue weighted by Gasteiger charge is -2.28. The predicted molar refractivity (Wildman–Crippen MR) is 131 cm³/mol. The second-order valence-corrected chi connectivity index (χ2v) is 8.90. The minimum atomic E-state index is -0.722.